The van der Waals surface area contributed by atoms with Crippen LogP contribution in [0.3, 0.4) is 0 Å². The molecule has 238 valence electrons. The van der Waals surface area contributed by atoms with Crippen molar-refractivity contribution in [3.8, 4) is 0 Å². The number of carboxylic acid groups (broad SMARTS) is 1. The number of rotatable bonds is 15. The Bertz CT molecular complexity index is 1340. The lowest BCUT2D eigenvalue weighted by molar-refractivity contribution is -0.142. The molecular formula is C31H45N3O8S. The van der Waals surface area contributed by atoms with Gasteiger partial charge in [0.25, 0.3) is 0 Å². The average molecular weight is 620 g/mol. The van der Waals surface area contributed by atoms with Crippen LogP contribution in [0.1, 0.15) is 65.4 Å². The minimum absolute atomic E-state index is 0.0240. The molecule has 2 aliphatic carbocycles. The van der Waals surface area contributed by atoms with Crippen molar-refractivity contribution in [1.29, 1.82) is 0 Å². The Hall–Kier alpha value is -3.12. The number of fused-ring (bicyclic) bond motifs is 2. The molecule has 0 saturated heterocycles. The number of nitrogens with zero attached hydrogens (tertiary/aromatic N) is 2. The van der Waals surface area contributed by atoms with Crippen LogP contribution in [-0.2, 0) is 40.4 Å². The number of amides is 2. The van der Waals surface area contributed by atoms with Crippen molar-refractivity contribution in [2.75, 3.05) is 26.4 Å². The van der Waals surface area contributed by atoms with Gasteiger partial charge in [-0.25, -0.2) is 8.42 Å². The Labute approximate surface area is 254 Å². The van der Waals surface area contributed by atoms with Crippen LogP contribution in [0.25, 0.3) is 0 Å². The van der Waals surface area contributed by atoms with Crippen LogP contribution in [0.5, 0.6) is 0 Å². The highest BCUT2D eigenvalue weighted by atomic mass is 32.2. The fraction of sp³-hybridized carbons (Fsp3) is 0.645. The van der Waals surface area contributed by atoms with Crippen molar-refractivity contribution in [3.05, 3.63) is 35.9 Å². The number of carbonyl (C=O) groups excluding carboxylic acids is 4. The number of ketones is 2. The predicted octanol–water partition coefficient (Wildman–Crippen LogP) is 2.29. The average Bonchev–Trinajstić information content (AvgIpc) is 3.27. The second-order valence-corrected chi connectivity index (χ2v) is 14.9. The summed E-state index contributed by atoms with van der Waals surface area (Å²) in [6.45, 7) is 6.86. The van der Waals surface area contributed by atoms with Crippen molar-refractivity contribution in [1.82, 2.24) is 14.5 Å². The van der Waals surface area contributed by atoms with Gasteiger partial charge in [0.15, 0.2) is 11.6 Å². The first kappa shape index (κ1) is 34.4. The molecule has 4 unspecified atom stereocenters. The Morgan fingerprint density at radius 1 is 1.09 bits per heavy atom. The van der Waals surface area contributed by atoms with E-state index < -0.39 is 63.6 Å². The SMILES string of the molecule is CC(C)C(CC(=O)N(C)CCc1ccccc1)C(=O)NC(CC(=O)O)C(=O)CN(C12CCC(CC1=O)C2(C)C)S(C)(=O)=O. The second-order valence-electron chi connectivity index (χ2n) is 12.9. The lowest BCUT2D eigenvalue weighted by Crippen LogP contribution is -2.62. The summed E-state index contributed by atoms with van der Waals surface area (Å²) in [5.41, 5.74) is -1.06. The molecule has 2 fully saturated rings. The van der Waals surface area contributed by atoms with E-state index in [0.29, 0.717) is 19.4 Å². The molecule has 2 bridgehead atoms. The topological polar surface area (TPSA) is 158 Å². The van der Waals surface area contributed by atoms with Gasteiger partial charge in [-0.1, -0.05) is 58.0 Å². The molecule has 0 spiro atoms. The van der Waals surface area contributed by atoms with Gasteiger partial charge in [0, 0.05) is 32.4 Å². The third-order valence-electron chi connectivity index (χ3n) is 9.58. The fourth-order valence-electron chi connectivity index (χ4n) is 6.76. The zero-order valence-electron chi connectivity index (χ0n) is 26.0. The summed E-state index contributed by atoms with van der Waals surface area (Å²) in [6, 6.07) is 8.11. The molecule has 3 rings (SSSR count). The molecule has 1 aromatic carbocycles. The zero-order chi connectivity index (χ0) is 32.3. The maximum absolute atomic E-state index is 13.6. The molecule has 0 aliphatic heterocycles. The summed E-state index contributed by atoms with van der Waals surface area (Å²) in [4.78, 5) is 66.5. The van der Waals surface area contributed by atoms with Crippen molar-refractivity contribution in [2.24, 2.45) is 23.2 Å². The molecular weight excluding hydrogens is 574 g/mol. The van der Waals surface area contributed by atoms with E-state index >= 15 is 0 Å². The van der Waals surface area contributed by atoms with Crippen molar-refractivity contribution < 1.29 is 37.5 Å². The van der Waals surface area contributed by atoms with Crippen LogP contribution in [-0.4, -0.2) is 90.1 Å². The second kappa shape index (κ2) is 13.3. The Morgan fingerprint density at radius 3 is 2.21 bits per heavy atom. The number of likely N-dealkylation sites (N-methyl/N-ethyl adjacent to an activating group) is 1. The van der Waals surface area contributed by atoms with E-state index in [9.17, 15) is 37.5 Å². The van der Waals surface area contributed by atoms with Gasteiger partial charge in [0.05, 0.1) is 30.8 Å². The van der Waals surface area contributed by atoms with Gasteiger partial charge in [0.1, 0.15) is 0 Å². The number of hydrogen-bond donors (Lipinski definition) is 2. The molecule has 2 aliphatic rings. The van der Waals surface area contributed by atoms with Gasteiger partial charge in [-0.05, 0) is 42.1 Å². The molecule has 2 saturated carbocycles. The maximum Gasteiger partial charge on any atom is 0.305 e. The number of carbonyl (C=O) groups is 5. The molecule has 0 aromatic heterocycles. The third kappa shape index (κ3) is 7.34. The smallest absolute Gasteiger partial charge is 0.305 e. The van der Waals surface area contributed by atoms with Crippen molar-refractivity contribution in [3.63, 3.8) is 0 Å². The highest BCUT2D eigenvalue weighted by molar-refractivity contribution is 7.88. The number of Topliss-reactive ketones (excluding diaryl/α,β-unsaturated/α-hetero) is 2. The number of benzene rings is 1. The van der Waals surface area contributed by atoms with Crippen molar-refractivity contribution in [2.45, 2.75) is 77.8 Å². The number of aliphatic carboxylic acids is 1. The van der Waals surface area contributed by atoms with Crippen LogP contribution in [0.4, 0.5) is 0 Å². The first-order valence-electron chi connectivity index (χ1n) is 14.8. The first-order valence-corrected chi connectivity index (χ1v) is 16.6. The minimum atomic E-state index is -4.08. The van der Waals surface area contributed by atoms with Crippen LogP contribution >= 0.6 is 0 Å². The molecule has 2 N–H and O–H groups in total. The summed E-state index contributed by atoms with van der Waals surface area (Å²) in [5.74, 6) is -4.57. The van der Waals surface area contributed by atoms with E-state index in [4.69, 9.17) is 0 Å². The molecule has 0 radical (unpaired) electrons. The number of sulfonamides is 1. The normalized spacial score (nSPS) is 22.4. The Balaban J connectivity index is 1.76. The fourth-order valence-corrected chi connectivity index (χ4v) is 8.12. The summed E-state index contributed by atoms with van der Waals surface area (Å²) in [7, 11) is -2.43. The predicted molar refractivity (Wildman–Crippen MR) is 160 cm³/mol. The Kier molecular flexibility index (Phi) is 10.6. The number of hydrogen-bond acceptors (Lipinski definition) is 7. The van der Waals surface area contributed by atoms with E-state index in [0.717, 1.165) is 16.1 Å². The first-order chi connectivity index (χ1) is 19.9. The van der Waals surface area contributed by atoms with Gasteiger partial charge in [-0.15, -0.1) is 0 Å². The molecule has 4 atom stereocenters. The maximum atomic E-state index is 13.6. The highest BCUT2D eigenvalue weighted by Crippen LogP contribution is 2.61. The highest BCUT2D eigenvalue weighted by Gasteiger charge is 2.68. The molecule has 1 aromatic rings. The molecule has 11 nitrogen and oxygen atoms in total. The third-order valence-corrected chi connectivity index (χ3v) is 10.8. The van der Waals surface area contributed by atoms with E-state index in [1.807, 2.05) is 44.2 Å². The van der Waals surface area contributed by atoms with Crippen LogP contribution in [0.2, 0.25) is 0 Å². The van der Waals surface area contributed by atoms with Crippen molar-refractivity contribution >= 4 is 39.4 Å². The van der Waals surface area contributed by atoms with Gasteiger partial charge in [-0.3, -0.25) is 24.0 Å². The quantitative estimate of drug-likeness (QED) is 0.303. The number of carboxylic acids is 1. The van der Waals surface area contributed by atoms with Crippen LogP contribution in [0.15, 0.2) is 30.3 Å². The lowest BCUT2D eigenvalue weighted by atomic mass is 9.75. The monoisotopic (exact) mass is 619 g/mol. The summed E-state index contributed by atoms with van der Waals surface area (Å²) in [6.07, 6.45) is 1.77. The molecule has 0 heterocycles. The van der Waals surface area contributed by atoms with E-state index in [-0.39, 0.29) is 42.8 Å². The molecule has 2 amide bonds. The largest absolute Gasteiger partial charge is 0.481 e. The van der Waals surface area contributed by atoms with Gasteiger partial charge in [-0.2, -0.15) is 4.31 Å². The van der Waals surface area contributed by atoms with E-state index in [1.165, 1.54) is 4.90 Å². The van der Waals surface area contributed by atoms with E-state index in [2.05, 4.69) is 5.32 Å². The lowest BCUT2D eigenvalue weighted by Gasteiger charge is -2.44. The molecule has 12 heteroatoms. The summed E-state index contributed by atoms with van der Waals surface area (Å²) in [5, 5.41) is 12.1. The van der Waals surface area contributed by atoms with Gasteiger partial charge < -0.3 is 15.3 Å². The Morgan fingerprint density at radius 2 is 1.72 bits per heavy atom. The van der Waals surface area contributed by atoms with Crippen LogP contribution < -0.4 is 5.32 Å². The zero-order valence-corrected chi connectivity index (χ0v) is 26.8. The standard InChI is InChI=1S/C31H45N3O8S/c1-20(2)23(17-27(37)33(5)15-13-21-10-8-7-9-11-21)29(40)32-24(18-28(38)39)25(35)19-34(43(6,41)42)31-14-12-22(16-26(31)36)30(31,3)4/h7-11,20,22-24H,12-19H2,1-6H3,(H,32,40)(H,38,39). The van der Waals surface area contributed by atoms with Gasteiger partial charge in [0.2, 0.25) is 21.8 Å². The van der Waals surface area contributed by atoms with Gasteiger partial charge >= 0.3 is 5.97 Å². The summed E-state index contributed by atoms with van der Waals surface area (Å²) >= 11 is 0. The van der Waals surface area contributed by atoms with E-state index in [1.54, 1.807) is 20.9 Å². The van der Waals surface area contributed by atoms with Crippen LogP contribution in [0, 0.1) is 23.2 Å². The number of nitrogens with one attached hydrogen (secondary N) is 1. The minimum Gasteiger partial charge on any atom is -0.481 e. The summed E-state index contributed by atoms with van der Waals surface area (Å²) < 4.78 is 27.0. The molecule has 43 heavy (non-hydrogen) atoms.